The molecule has 0 saturated heterocycles. The summed E-state index contributed by atoms with van der Waals surface area (Å²) in [6, 6.07) is 8.02. The van der Waals surface area contributed by atoms with Gasteiger partial charge in [-0.05, 0) is 67.4 Å². The van der Waals surface area contributed by atoms with Crippen LogP contribution in [0.15, 0.2) is 48.7 Å². The molecule has 196 valence electrons. The lowest BCUT2D eigenvalue weighted by molar-refractivity contribution is 0.0618. The second-order valence-corrected chi connectivity index (χ2v) is 10.5. The van der Waals surface area contributed by atoms with Gasteiger partial charge in [0.25, 0.3) is 5.91 Å². The normalized spacial score (nSPS) is 14.9. The van der Waals surface area contributed by atoms with Gasteiger partial charge in [0.1, 0.15) is 22.3 Å². The summed E-state index contributed by atoms with van der Waals surface area (Å²) in [6.07, 6.45) is 10.8. The average molecular weight is 545 g/mol. The van der Waals surface area contributed by atoms with Crippen LogP contribution in [0.3, 0.4) is 0 Å². The van der Waals surface area contributed by atoms with Crippen molar-refractivity contribution >= 4 is 44.5 Å². The summed E-state index contributed by atoms with van der Waals surface area (Å²) >= 11 is 7.43. The van der Waals surface area contributed by atoms with Gasteiger partial charge in [0, 0.05) is 25.2 Å². The van der Waals surface area contributed by atoms with Crippen molar-refractivity contribution in [2.24, 2.45) is 0 Å². The van der Waals surface area contributed by atoms with Gasteiger partial charge in [-0.15, -0.1) is 11.3 Å². The number of allylic oxidation sites excluding steroid dienone is 3. The van der Waals surface area contributed by atoms with Crippen LogP contribution in [0.2, 0.25) is 5.02 Å². The maximum atomic E-state index is 14.5. The first-order valence-electron chi connectivity index (χ1n) is 12.4. The van der Waals surface area contributed by atoms with Crippen molar-refractivity contribution in [3.8, 4) is 5.75 Å². The molecule has 8 heteroatoms. The molecule has 0 spiro atoms. The highest BCUT2D eigenvalue weighted by Crippen LogP contribution is 2.40. The zero-order valence-electron chi connectivity index (χ0n) is 21.2. The molecule has 37 heavy (non-hydrogen) atoms. The first kappa shape index (κ1) is 27.1. The van der Waals surface area contributed by atoms with Gasteiger partial charge in [-0.2, -0.15) is 0 Å². The molecule has 0 atom stereocenters. The fourth-order valence-corrected chi connectivity index (χ4v) is 6.43. The Bertz CT molecular complexity index is 1350. The van der Waals surface area contributed by atoms with Crippen LogP contribution >= 0.6 is 22.9 Å². The zero-order valence-corrected chi connectivity index (χ0v) is 22.8. The Kier molecular flexibility index (Phi) is 8.87. The minimum atomic E-state index is -0.635. The number of amides is 1. The van der Waals surface area contributed by atoms with Gasteiger partial charge in [0.05, 0.1) is 22.2 Å². The van der Waals surface area contributed by atoms with Crippen molar-refractivity contribution in [3.05, 3.63) is 81.3 Å². The molecule has 1 aromatic heterocycles. The Labute approximate surface area is 225 Å². The van der Waals surface area contributed by atoms with Crippen LogP contribution in [0.1, 0.15) is 59.8 Å². The van der Waals surface area contributed by atoms with Gasteiger partial charge < -0.3 is 15.0 Å². The van der Waals surface area contributed by atoms with E-state index in [1.54, 1.807) is 7.11 Å². The minimum absolute atomic E-state index is 0.00374. The van der Waals surface area contributed by atoms with Crippen molar-refractivity contribution in [3.63, 3.8) is 0 Å². The number of thiophene rings is 1. The van der Waals surface area contributed by atoms with E-state index in [2.05, 4.69) is 5.32 Å². The van der Waals surface area contributed by atoms with E-state index >= 15 is 0 Å². The molecule has 2 aromatic carbocycles. The SMILES string of the molecule is C/C=C(\C=C/NC)c1ccc(OC)c(CN(C(=O)c2sc3c(F)ccc(F)c3c2Cl)C2CCCCC2)c1. The molecule has 1 aliphatic rings. The van der Waals surface area contributed by atoms with Gasteiger partial charge in [-0.3, -0.25) is 4.79 Å². The summed E-state index contributed by atoms with van der Waals surface area (Å²) in [4.78, 5) is 16.0. The number of rotatable bonds is 8. The van der Waals surface area contributed by atoms with E-state index < -0.39 is 11.6 Å². The van der Waals surface area contributed by atoms with E-state index in [1.807, 2.05) is 55.4 Å². The third-order valence-electron chi connectivity index (χ3n) is 6.85. The van der Waals surface area contributed by atoms with Gasteiger partial charge >= 0.3 is 0 Å². The molecule has 4 rings (SSSR count). The molecule has 4 nitrogen and oxygen atoms in total. The van der Waals surface area contributed by atoms with Gasteiger partial charge in [-0.25, -0.2) is 8.78 Å². The maximum Gasteiger partial charge on any atom is 0.266 e. The number of hydrogen-bond acceptors (Lipinski definition) is 4. The highest BCUT2D eigenvalue weighted by molar-refractivity contribution is 7.21. The van der Waals surface area contributed by atoms with Crippen molar-refractivity contribution < 1.29 is 18.3 Å². The Hall–Kier alpha value is -2.90. The predicted octanol–water partition coefficient (Wildman–Crippen LogP) is 7.95. The van der Waals surface area contributed by atoms with E-state index in [0.717, 1.165) is 72.3 Å². The molecule has 1 saturated carbocycles. The Balaban J connectivity index is 1.77. The van der Waals surface area contributed by atoms with Crippen LogP contribution in [-0.4, -0.2) is 31.0 Å². The second kappa shape index (κ2) is 12.1. The standard InChI is InChI=1S/C29H31ClF2N2O2S/c1-4-18(14-15-33-2)19-10-13-24(36-3)20(16-19)17-34(21-8-6-5-7-9-21)29(35)28-26(30)25-22(31)11-12-23(32)27(25)37-28/h4,10-16,21,33H,5-9,17H2,1-3H3/b15-14-,18-4+. The lowest BCUT2D eigenvalue weighted by Gasteiger charge is -2.34. The van der Waals surface area contributed by atoms with Crippen LogP contribution in [0.4, 0.5) is 8.78 Å². The van der Waals surface area contributed by atoms with Crippen molar-refractivity contribution in [1.29, 1.82) is 0 Å². The molecule has 0 radical (unpaired) electrons. The lowest BCUT2D eigenvalue weighted by Crippen LogP contribution is -2.40. The number of ether oxygens (including phenoxy) is 1. The molecular weight excluding hydrogens is 514 g/mol. The molecule has 1 aliphatic carbocycles. The first-order valence-corrected chi connectivity index (χ1v) is 13.6. The zero-order chi connectivity index (χ0) is 26.5. The van der Waals surface area contributed by atoms with Crippen LogP contribution in [0.5, 0.6) is 5.75 Å². The van der Waals surface area contributed by atoms with E-state index in [1.165, 1.54) is 0 Å². The third kappa shape index (κ3) is 5.68. The predicted molar refractivity (Wildman–Crippen MR) is 148 cm³/mol. The van der Waals surface area contributed by atoms with E-state index in [4.69, 9.17) is 16.3 Å². The van der Waals surface area contributed by atoms with Crippen molar-refractivity contribution in [2.45, 2.75) is 51.6 Å². The number of methoxy groups -OCH3 is 1. The molecule has 1 N–H and O–H groups in total. The van der Waals surface area contributed by atoms with Gasteiger partial charge in [0.2, 0.25) is 0 Å². The van der Waals surface area contributed by atoms with Gasteiger partial charge in [0.15, 0.2) is 0 Å². The first-order chi connectivity index (χ1) is 17.9. The largest absolute Gasteiger partial charge is 0.496 e. The quantitative estimate of drug-likeness (QED) is 0.292. The second-order valence-electron chi connectivity index (χ2n) is 9.10. The summed E-state index contributed by atoms with van der Waals surface area (Å²) < 4.78 is 34.8. The third-order valence-corrected chi connectivity index (χ3v) is 8.52. The fourth-order valence-electron chi connectivity index (χ4n) is 4.92. The topological polar surface area (TPSA) is 41.6 Å². The molecular formula is C29H31ClF2N2O2S. The minimum Gasteiger partial charge on any atom is -0.496 e. The average Bonchev–Trinajstić information content (AvgIpc) is 3.28. The molecule has 0 bridgehead atoms. The Morgan fingerprint density at radius 2 is 1.92 bits per heavy atom. The van der Waals surface area contributed by atoms with Crippen LogP contribution < -0.4 is 10.1 Å². The smallest absolute Gasteiger partial charge is 0.266 e. The molecule has 3 aromatic rings. The number of carbonyl (C=O) groups excluding carboxylic acids is 1. The lowest BCUT2D eigenvalue weighted by atomic mass is 9.93. The molecule has 1 fully saturated rings. The Morgan fingerprint density at radius 3 is 2.57 bits per heavy atom. The highest BCUT2D eigenvalue weighted by Gasteiger charge is 2.31. The number of halogens is 3. The van der Waals surface area contributed by atoms with Gasteiger partial charge in [-0.1, -0.05) is 43.0 Å². The Morgan fingerprint density at radius 1 is 1.19 bits per heavy atom. The number of nitrogens with zero attached hydrogens (tertiary/aromatic N) is 1. The van der Waals surface area contributed by atoms with E-state index in [9.17, 15) is 13.6 Å². The monoisotopic (exact) mass is 544 g/mol. The molecule has 0 unspecified atom stereocenters. The molecule has 1 amide bonds. The van der Waals surface area contributed by atoms with Crippen LogP contribution in [0, 0.1) is 11.6 Å². The summed E-state index contributed by atoms with van der Waals surface area (Å²) in [5.74, 6) is -0.867. The van der Waals surface area contributed by atoms with E-state index in [0.29, 0.717) is 12.3 Å². The van der Waals surface area contributed by atoms with E-state index in [-0.39, 0.29) is 31.9 Å². The number of nitrogens with one attached hydrogen (secondary N) is 1. The summed E-state index contributed by atoms with van der Waals surface area (Å²) in [7, 11) is 3.45. The van der Waals surface area contributed by atoms with Crippen LogP contribution in [0.25, 0.3) is 15.7 Å². The summed E-state index contributed by atoms with van der Waals surface area (Å²) in [5, 5.41) is 2.94. The van der Waals surface area contributed by atoms with Crippen molar-refractivity contribution in [1.82, 2.24) is 10.2 Å². The fraction of sp³-hybridized carbons (Fsp3) is 0.345. The van der Waals surface area contributed by atoms with Crippen LogP contribution in [-0.2, 0) is 6.54 Å². The summed E-state index contributed by atoms with van der Waals surface area (Å²) in [6.45, 7) is 2.27. The maximum absolute atomic E-state index is 14.5. The number of hydrogen-bond donors (Lipinski definition) is 1. The summed E-state index contributed by atoms with van der Waals surface area (Å²) in [5.41, 5.74) is 2.86. The number of carbonyl (C=O) groups is 1. The number of benzene rings is 2. The molecule has 1 heterocycles. The molecule has 0 aliphatic heterocycles. The van der Waals surface area contributed by atoms with Crippen molar-refractivity contribution in [2.75, 3.05) is 14.2 Å². The highest BCUT2D eigenvalue weighted by atomic mass is 35.5. The number of fused-ring (bicyclic) bond motifs is 1.